The molecular formula is C30H32N4O5. The van der Waals surface area contributed by atoms with Crippen LogP contribution in [0.15, 0.2) is 42.6 Å². The Balaban J connectivity index is 1.28. The highest BCUT2D eigenvalue weighted by atomic mass is 16.7. The molecule has 1 N–H and O–H groups in total. The summed E-state index contributed by atoms with van der Waals surface area (Å²) in [6.07, 6.45) is 3.95. The summed E-state index contributed by atoms with van der Waals surface area (Å²) in [5.41, 5.74) is 4.41. The summed E-state index contributed by atoms with van der Waals surface area (Å²) < 4.78 is 1.89. The zero-order valence-electron chi connectivity index (χ0n) is 22.6. The van der Waals surface area contributed by atoms with Crippen molar-refractivity contribution in [1.29, 1.82) is 0 Å². The van der Waals surface area contributed by atoms with Gasteiger partial charge in [-0.15, -0.1) is 5.06 Å². The number of hydrogen-bond acceptors (Lipinski definition) is 6. The van der Waals surface area contributed by atoms with E-state index in [1.165, 1.54) is 0 Å². The third-order valence-electron chi connectivity index (χ3n) is 6.64. The van der Waals surface area contributed by atoms with E-state index in [0.29, 0.717) is 34.8 Å². The van der Waals surface area contributed by atoms with Crippen LogP contribution in [-0.2, 0) is 19.2 Å². The van der Waals surface area contributed by atoms with Crippen LogP contribution in [0.25, 0.3) is 5.65 Å². The van der Waals surface area contributed by atoms with E-state index < -0.39 is 23.7 Å². The van der Waals surface area contributed by atoms with E-state index in [1.807, 2.05) is 61.7 Å². The lowest BCUT2D eigenvalue weighted by atomic mass is 9.94. The summed E-state index contributed by atoms with van der Waals surface area (Å²) >= 11 is 0. The highest BCUT2D eigenvalue weighted by Crippen LogP contribution is 2.21. The van der Waals surface area contributed by atoms with Crippen LogP contribution in [0.4, 0.5) is 5.69 Å². The predicted octanol–water partition coefficient (Wildman–Crippen LogP) is 4.60. The van der Waals surface area contributed by atoms with Gasteiger partial charge in [-0.3, -0.25) is 14.4 Å². The van der Waals surface area contributed by atoms with E-state index in [9.17, 15) is 19.2 Å². The van der Waals surface area contributed by atoms with Gasteiger partial charge < -0.3 is 14.6 Å². The zero-order valence-corrected chi connectivity index (χ0v) is 22.6. The van der Waals surface area contributed by atoms with Crippen LogP contribution >= 0.6 is 0 Å². The molecule has 1 saturated heterocycles. The van der Waals surface area contributed by atoms with Crippen molar-refractivity contribution in [2.24, 2.45) is 11.8 Å². The largest absolute Gasteiger partial charge is 0.335 e. The summed E-state index contributed by atoms with van der Waals surface area (Å²) in [7, 11) is 0. The number of rotatable bonds is 8. The third-order valence-corrected chi connectivity index (χ3v) is 6.64. The third kappa shape index (κ3) is 6.71. The average molecular weight is 529 g/mol. The fourth-order valence-corrected chi connectivity index (χ4v) is 4.58. The van der Waals surface area contributed by atoms with Gasteiger partial charge in [0.05, 0.1) is 11.5 Å². The average Bonchev–Trinajstić information content (AvgIpc) is 3.45. The first-order chi connectivity index (χ1) is 18.6. The topological polar surface area (TPSA) is 110 Å². The normalized spacial score (nSPS) is 14.6. The summed E-state index contributed by atoms with van der Waals surface area (Å²) in [6, 6.07) is 11.1. The fourth-order valence-electron chi connectivity index (χ4n) is 4.58. The number of hydrogen-bond donors (Lipinski definition) is 1. The molecule has 0 saturated carbocycles. The second kappa shape index (κ2) is 11.9. The molecule has 0 spiro atoms. The molecule has 0 bridgehead atoms. The minimum atomic E-state index is -0.579. The molecule has 0 radical (unpaired) electrons. The molecule has 1 aliphatic rings. The number of nitrogens with zero attached hydrogens (tertiary/aromatic N) is 3. The maximum Gasteiger partial charge on any atom is 0.335 e. The SMILES string of the molecule is Cc1cc(C)n2ccc(C(=O)Nc3cccc(C#CCCC(C)CC(C)C(=O)ON4C(=O)CCC4=O)c3)c2n1. The van der Waals surface area contributed by atoms with Crippen molar-refractivity contribution in [3.8, 4) is 11.8 Å². The van der Waals surface area contributed by atoms with Crippen LogP contribution in [0.3, 0.4) is 0 Å². The number of carbonyl (C=O) groups excluding carboxylic acids is 4. The van der Waals surface area contributed by atoms with Crippen LogP contribution in [0, 0.1) is 37.5 Å². The molecule has 0 aliphatic carbocycles. The Kier molecular flexibility index (Phi) is 8.45. The number of amides is 3. The number of imide groups is 1. The van der Waals surface area contributed by atoms with Gasteiger partial charge in [-0.1, -0.05) is 31.8 Å². The van der Waals surface area contributed by atoms with Crippen LogP contribution in [0.2, 0.25) is 0 Å². The number of anilines is 1. The van der Waals surface area contributed by atoms with Gasteiger partial charge in [-0.2, -0.15) is 0 Å². The van der Waals surface area contributed by atoms with Crippen LogP contribution in [0.1, 0.15) is 73.3 Å². The molecule has 2 atom stereocenters. The van der Waals surface area contributed by atoms with Gasteiger partial charge >= 0.3 is 5.97 Å². The maximum absolute atomic E-state index is 13.0. The Morgan fingerprint density at radius 2 is 1.85 bits per heavy atom. The fraction of sp³-hybridized carbons (Fsp3) is 0.367. The Morgan fingerprint density at radius 1 is 1.10 bits per heavy atom. The summed E-state index contributed by atoms with van der Waals surface area (Å²) in [5, 5.41) is 3.53. The van der Waals surface area contributed by atoms with E-state index in [-0.39, 0.29) is 24.7 Å². The first-order valence-electron chi connectivity index (χ1n) is 13.1. The highest BCUT2D eigenvalue weighted by molar-refractivity contribution is 6.08. The van der Waals surface area contributed by atoms with Gasteiger partial charge in [0, 0.05) is 48.1 Å². The van der Waals surface area contributed by atoms with Crippen molar-refractivity contribution >= 4 is 35.0 Å². The Bertz CT molecular complexity index is 1480. The molecule has 202 valence electrons. The van der Waals surface area contributed by atoms with Crippen molar-refractivity contribution in [2.45, 2.75) is 59.8 Å². The first-order valence-corrected chi connectivity index (χ1v) is 13.1. The molecule has 1 fully saturated rings. The van der Waals surface area contributed by atoms with Gasteiger partial charge in [0.1, 0.15) is 5.65 Å². The zero-order chi connectivity index (χ0) is 28.1. The number of aromatic nitrogens is 2. The number of nitrogens with one attached hydrogen (secondary N) is 1. The van der Waals surface area contributed by atoms with Crippen molar-refractivity contribution in [3.05, 3.63) is 65.1 Å². The van der Waals surface area contributed by atoms with Gasteiger partial charge in [-0.25, -0.2) is 9.78 Å². The molecule has 9 heteroatoms. The molecule has 1 aromatic carbocycles. The second-order valence-corrected chi connectivity index (χ2v) is 10.1. The Morgan fingerprint density at radius 3 is 2.59 bits per heavy atom. The number of fused-ring (bicyclic) bond motifs is 1. The van der Waals surface area contributed by atoms with Crippen molar-refractivity contribution in [3.63, 3.8) is 0 Å². The molecule has 2 aromatic heterocycles. The summed E-state index contributed by atoms with van der Waals surface area (Å²) in [5.74, 6) is 4.27. The monoisotopic (exact) mass is 528 g/mol. The highest BCUT2D eigenvalue weighted by Gasteiger charge is 2.34. The number of carbonyl (C=O) groups is 4. The van der Waals surface area contributed by atoms with Gasteiger partial charge in [-0.05, 0) is 62.9 Å². The summed E-state index contributed by atoms with van der Waals surface area (Å²) in [4.78, 5) is 58.1. The Labute approximate surface area is 227 Å². The van der Waals surface area contributed by atoms with Crippen molar-refractivity contribution < 1.29 is 24.0 Å². The molecule has 3 heterocycles. The quantitative estimate of drug-likeness (QED) is 0.338. The van der Waals surface area contributed by atoms with Gasteiger partial charge in [0.25, 0.3) is 17.7 Å². The lowest BCUT2D eigenvalue weighted by Gasteiger charge is -2.18. The molecule has 9 nitrogen and oxygen atoms in total. The lowest BCUT2D eigenvalue weighted by Crippen LogP contribution is -2.34. The van der Waals surface area contributed by atoms with Gasteiger partial charge in [0.2, 0.25) is 0 Å². The molecule has 1 aliphatic heterocycles. The first kappa shape index (κ1) is 27.6. The number of aryl methyl sites for hydroxylation is 2. The molecular weight excluding hydrogens is 496 g/mol. The molecule has 3 amide bonds. The van der Waals surface area contributed by atoms with Crippen LogP contribution in [0.5, 0.6) is 0 Å². The van der Waals surface area contributed by atoms with Gasteiger partial charge in [0.15, 0.2) is 0 Å². The standard InChI is InChI=1S/C30H32N4O5/c1-19(16-20(2)30(38)39-34-26(35)12-13-27(34)36)8-5-6-9-23-10-7-11-24(18-23)32-29(37)25-14-15-33-22(4)17-21(3)31-28(25)33/h7,10-11,14-15,17-20H,5,8,12-13,16H2,1-4H3,(H,32,37). The van der Waals surface area contributed by atoms with E-state index in [4.69, 9.17) is 4.84 Å². The Hall–Kier alpha value is -4.45. The van der Waals surface area contributed by atoms with E-state index in [1.54, 1.807) is 13.0 Å². The lowest BCUT2D eigenvalue weighted by molar-refractivity contribution is -0.200. The number of hydroxylamine groups is 2. The summed E-state index contributed by atoms with van der Waals surface area (Å²) in [6.45, 7) is 7.63. The maximum atomic E-state index is 13.0. The molecule has 39 heavy (non-hydrogen) atoms. The molecule has 3 aromatic rings. The minimum absolute atomic E-state index is 0.0757. The molecule has 2 unspecified atom stereocenters. The van der Waals surface area contributed by atoms with E-state index in [0.717, 1.165) is 23.4 Å². The van der Waals surface area contributed by atoms with E-state index >= 15 is 0 Å². The minimum Gasteiger partial charge on any atom is -0.330 e. The van der Waals surface area contributed by atoms with Crippen molar-refractivity contribution in [1.82, 2.24) is 14.4 Å². The second-order valence-electron chi connectivity index (χ2n) is 10.1. The van der Waals surface area contributed by atoms with Crippen molar-refractivity contribution in [2.75, 3.05) is 5.32 Å². The molecule has 4 rings (SSSR count). The van der Waals surface area contributed by atoms with Crippen LogP contribution < -0.4 is 5.32 Å². The predicted molar refractivity (Wildman–Crippen MR) is 145 cm³/mol. The number of benzene rings is 1. The smallest absolute Gasteiger partial charge is 0.330 e. The van der Waals surface area contributed by atoms with Crippen LogP contribution in [-0.4, -0.2) is 38.1 Å². The van der Waals surface area contributed by atoms with E-state index in [2.05, 4.69) is 22.1 Å².